The Hall–Kier alpha value is -1.14. The van der Waals surface area contributed by atoms with Crippen LogP contribution in [-0.4, -0.2) is 25.3 Å². The van der Waals surface area contributed by atoms with Crippen molar-refractivity contribution < 1.29 is 31.9 Å². The van der Waals surface area contributed by atoms with Crippen LogP contribution in [0, 0.1) is 0 Å². The molecule has 0 amide bonds. The SMILES string of the molecule is CC(F)F.O=COC(=O)C(F)F. The molecule has 0 N–H and O–H groups in total. The van der Waals surface area contributed by atoms with E-state index >= 15 is 0 Å². The van der Waals surface area contributed by atoms with Crippen molar-refractivity contribution in [2.45, 2.75) is 19.8 Å². The number of rotatable bonds is 2. The van der Waals surface area contributed by atoms with Gasteiger partial charge in [-0.3, -0.25) is 4.79 Å². The minimum absolute atomic E-state index is 0.339. The highest BCUT2D eigenvalue weighted by Crippen LogP contribution is 1.92. The summed E-state index contributed by atoms with van der Waals surface area (Å²) in [5.41, 5.74) is 0. The normalized spacial score (nSPS) is 8.92. The third-order valence-corrected chi connectivity index (χ3v) is 0.342. The van der Waals surface area contributed by atoms with Crippen LogP contribution in [-0.2, 0) is 14.3 Å². The van der Waals surface area contributed by atoms with Crippen LogP contribution in [0.1, 0.15) is 6.92 Å². The highest BCUT2D eigenvalue weighted by atomic mass is 19.3. The van der Waals surface area contributed by atoms with E-state index in [2.05, 4.69) is 4.74 Å². The van der Waals surface area contributed by atoms with Crippen LogP contribution in [0.25, 0.3) is 0 Å². The zero-order valence-corrected chi connectivity index (χ0v) is 5.97. The number of esters is 1. The van der Waals surface area contributed by atoms with Crippen molar-refractivity contribution in [1.29, 1.82) is 0 Å². The van der Waals surface area contributed by atoms with E-state index < -0.39 is 18.8 Å². The molecule has 0 spiro atoms. The molecule has 0 saturated carbocycles. The molecule has 0 rings (SSSR count). The zero-order valence-electron chi connectivity index (χ0n) is 5.97. The summed E-state index contributed by atoms with van der Waals surface area (Å²) < 4.78 is 45.9. The number of ether oxygens (including phenoxy) is 1. The third-order valence-electron chi connectivity index (χ3n) is 0.342. The highest BCUT2D eigenvalue weighted by molar-refractivity contribution is 5.78. The quantitative estimate of drug-likeness (QED) is 0.284. The van der Waals surface area contributed by atoms with Gasteiger partial charge in [0, 0.05) is 0 Å². The number of hydrogen-bond acceptors (Lipinski definition) is 3. The van der Waals surface area contributed by atoms with E-state index in [0.29, 0.717) is 0 Å². The average molecular weight is 190 g/mol. The minimum Gasteiger partial charge on any atom is -0.391 e. The van der Waals surface area contributed by atoms with Gasteiger partial charge in [-0.2, -0.15) is 8.78 Å². The van der Waals surface area contributed by atoms with Crippen molar-refractivity contribution in [3.63, 3.8) is 0 Å². The number of carbonyl (C=O) groups is 2. The summed E-state index contributed by atoms with van der Waals surface area (Å²) in [6.07, 6.45) is -5.39. The molecule has 0 heterocycles. The molecule has 72 valence electrons. The summed E-state index contributed by atoms with van der Waals surface area (Å²) in [4.78, 5) is 18.7. The van der Waals surface area contributed by atoms with Gasteiger partial charge in [-0.05, 0) is 6.92 Å². The lowest BCUT2D eigenvalue weighted by molar-refractivity contribution is -0.160. The first-order valence-electron chi connectivity index (χ1n) is 2.62. The minimum atomic E-state index is -3.22. The van der Waals surface area contributed by atoms with Crippen LogP contribution in [0.5, 0.6) is 0 Å². The highest BCUT2D eigenvalue weighted by Gasteiger charge is 2.15. The first kappa shape index (κ1) is 13.4. The Kier molecular flexibility index (Phi) is 8.92. The second-order valence-corrected chi connectivity index (χ2v) is 1.35. The summed E-state index contributed by atoms with van der Waals surface area (Å²) in [6.45, 7) is 0.495. The van der Waals surface area contributed by atoms with Crippen molar-refractivity contribution in [1.82, 2.24) is 0 Å². The van der Waals surface area contributed by atoms with Gasteiger partial charge in [0.05, 0.1) is 0 Å². The van der Waals surface area contributed by atoms with Crippen LogP contribution in [0.2, 0.25) is 0 Å². The molecule has 0 fully saturated rings. The molecular formula is C5H6F4O3. The van der Waals surface area contributed by atoms with E-state index in [1.807, 2.05) is 0 Å². The summed E-state index contributed by atoms with van der Waals surface area (Å²) in [5, 5.41) is 0. The van der Waals surface area contributed by atoms with Gasteiger partial charge in [0.2, 0.25) is 6.43 Å². The summed E-state index contributed by atoms with van der Waals surface area (Å²) in [5.74, 6) is -1.82. The number of halogens is 4. The van der Waals surface area contributed by atoms with Crippen LogP contribution in [0.4, 0.5) is 17.6 Å². The maximum atomic E-state index is 11.0. The Bertz CT molecular complexity index is 134. The Morgan fingerprint density at radius 1 is 1.33 bits per heavy atom. The van der Waals surface area contributed by atoms with Crippen molar-refractivity contribution >= 4 is 12.4 Å². The topological polar surface area (TPSA) is 43.4 Å². The van der Waals surface area contributed by atoms with E-state index in [1.54, 1.807) is 0 Å². The average Bonchev–Trinajstić information content (AvgIpc) is 1.86. The van der Waals surface area contributed by atoms with Crippen molar-refractivity contribution in [3.05, 3.63) is 0 Å². The smallest absolute Gasteiger partial charge is 0.381 e. The molecule has 3 nitrogen and oxygen atoms in total. The van der Waals surface area contributed by atoms with E-state index in [9.17, 15) is 22.4 Å². The maximum Gasteiger partial charge on any atom is 0.381 e. The molecule has 0 unspecified atom stereocenters. The van der Waals surface area contributed by atoms with E-state index in [0.717, 1.165) is 6.92 Å². The first-order valence-corrected chi connectivity index (χ1v) is 2.62. The fourth-order valence-electron chi connectivity index (χ4n) is 0.0989. The number of hydrogen-bond donors (Lipinski definition) is 0. The van der Waals surface area contributed by atoms with Crippen LogP contribution in [0.3, 0.4) is 0 Å². The lowest BCUT2D eigenvalue weighted by Gasteiger charge is -1.90. The standard InChI is InChI=1S/C3H2F2O3.C2H4F2/c4-2(5)3(7)8-1-6;1-2(3)4/h1-2H;2H,1H3. The van der Waals surface area contributed by atoms with E-state index in [1.165, 1.54) is 0 Å². The van der Waals surface area contributed by atoms with Crippen LogP contribution in [0.15, 0.2) is 0 Å². The lowest BCUT2D eigenvalue weighted by atomic mass is 10.7. The molecule has 0 aliphatic heterocycles. The monoisotopic (exact) mass is 190 g/mol. The molecule has 12 heavy (non-hydrogen) atoms. The molecular weight excluding hydrogens is 184 g/mol. The molecule has 0 saturated heterocycles. The lowest BCUT2D eigenvalue weighted by Crippen LogP contribution is -2.12. The van der Waals surface area contributed by atoms with Gasteiger partial charge in [-0.15, -0.1) is 0 Å². The number of alkyl halides is 4. The second kappa shape index (κ2) is 7.96. The summed E-state index contributed by atoms with van der Waals surface area (Å²) in [6, 6.07) is 0. The van der Waals surface area contributed by atoms with Gasteiger partial charge < -0.3 is 4.74 Å². The molecule has 0 aliphatic carbocycles. The maximum absolute atomic E-state index is 11.0. The van der Waals surface area contributed by atoms with Gasteiger partial charge in [0.25, 0.3) is 0 Å². The third kappa shape index (κ3) is 15.9. The van der Waals surface area contributed by atoms with Gasteiger partial charge in [0.15, 0.2) is 0 Å². The zero-order chi connectivity index (χ0) is 10.1. The van der Waals surface area contributed by atoms with Crippen molar-refractivity contribution in [3.8, 4) is 0 Å². The summed E-state index contributed by atoms with van der Waals surface area (Å²) in [7, 11) is 0. The van der Waals surface area contributed by atoms with Crippen LogP contribution >= 0.6 is 0 Å². The fraction of sp³-hybridized carbons (Fsp3) is 0.600. The Morgan fingerprint density at radius 2 is 1.67 bits per heavy atom. The largest absolute Gasteiger partial charge is 0.391 e. The molecule has 0 aromatic rings. The first-order chi connectivity index (χ1) is 5.41. The van der Waals surface area contributed by atoms with Crippen molar-refractivity contribution in [2.75, 3.05) is 0 Å². The van der Waals surface area contributed by atoms with Gasteiger partial charge in [-0.1, -0.05) is 0 Å². The van der Waals surface area contributed by atoms with Crippen molar-refractivity contribution in [2.24, 2.45) is 0 Å². The molecule has 0 radical (unpaired) electrons. The Labute approximate surface area is 65.3 Å². The Balaban J connectivity index is 0. The molecule has 0 aliphatic rings. The molecule has 0 atom stereocenters. The molecule has 0 aromatic carbocycles. The predicted octanol–water partition coefficient (Wildman–Crippen LogP) is 1.22. The van der Waals surface area contributed by atoms with Gasteiger partial charge >= 0.3 is 18.9 Å². The Morgan fingerprint density at radius 3 is 1.75 bits per heavy atom. The molecule has 0 aromatic heterocycles. The van der Waals surface area contributed by atoms with Gasteiger partial charge in [-0.25, -0.2) is 13.6 Å². The molecule has 7 heteroatoms. The van der Waals surface area contributed by atoms with Gasteiger partial charge in [0.1, 0.15) is 0 Å². The predicted molar refractivity (Wildman–Crippen MR) is 29.8 cm³/mol. The van der Waals surface area contributed by atoms with E-state index in [-0.39, 0.29) is 6.47 Å². The fourth-order valence-corrected chi connectivity index (χ4v) is 0.0989. The van der Waals surface area contributed by atoms with E-state index in [4.69, 9.17) is 4.79 Å². The number of carbonyl (C=O) groups excluding carboxylic acids is 2. The second-order valence-electron chi connectivity index (χ2n) is 1.35. The van der Waals surface area contributed by atoms with Crippen LogP contribution < -0.4 is 0 Å². The molecule has 0 bridgehead atoms. The summed E-state index contributed by atoms with van der Waals surface area (Å²) >= 11 is 0.